The van der Waals surface area contributed by atoms with E-state index in [0.717, 1.165) is 0 Å². The van der Waals surface area contributed by atoms with E-state index in [9.17, 15) is 9.59 Å². The van der Waals surface area contributed by atoms with Crippen molar-refractivity contribution in [1.82, 2.24) is 0 Å². The molecule has 0 saturated heterocycles. The van der Waals surface area contributed by atoms with Gasteiger partial charge in [-0.1, -0.05) is 12.2 Å². The summed E-state index contributed by atoms with van der Waals surface area (Å²) in [6.45, 7) is 0. The molecular formula is C9H12O3S. The average molecular weight is 200 g/mol. The first kappa shape index (κ1) is 10.1. The van der Waals surface area contributed by atoms with Crippen molar-refractivity contribution in [3.05, 3.63) is 23.0 Å². The Labute approximate surface area is 79.8 Å². The molecule has 0 aromatic rings. The lowest BCUT2D eigenvalue weighted by molar-refractivity contribution is -0.142. The molecule has 0 aromatic heterocycles. The van der Waals surface area contributed by atoms with Crippen LogP contribution in [0.25, 0.3) is 0 Å². The molecule has 72 valence electrons. The maximum absolute atomic E-state index is 11.2. The number of hydrogen-bond acceptors (Lipinski definition) is 3. The number of esters is 1. The minimum Gasteiger partial charge on any atom is -0.469 e. The molecule has 0 saturated carbocycles. The summed E-state index contributed by atoms with van der Waals surface area (Å²) in [5.41, 5.74) is 0. The Morgan fingerprint density at radius 3 is 2.46 bits per heavy atom. The van der Waals surface area contributed by atoms with E-state index in [2.05, 4.69) is 4.74 Å². The van der Waals surface area contributed by atoms with E-state index in [4.69, 9.17) is 0 Å². The lowest BCUT2D eigenvalue weighted by Crippen LogP contribution is -2.11. The molecule has 1 aliphatic rings. The fraction of sp³-hybridized carbons (Fsp3) is 0.333. The van der Waals surface area contributed by atoms with Gasteiger partial charge in [0.1, 0.15) is 6.42 Å². The van der Waals surface area contributed by atoms with Gasteiger partial charge in [-0.2, -0.15) is 0 Å². The second-order valence-electron chi connectivity index (χ2n) is 2.65. The average Bonchev–Trinajstić information content (AvgIpc) is 2.56. The SMILES string of the molecule is COC(=O)CC(=O)C[SH]1C=CC=C1. The molecule has 4 heteroatoms. The second kappa shape index (κ2) is 4.87. The van der Waals surface area contributed by atoms with Gasteiger partial charge < -0.3 is 4.74 Å². The van der Waals surface area contributed by atoms with Gasteiger partial charge in [-0.3, -0.25) is 9.59 Å². The van der Waals surface area contributed by atoms with Crippen LogP contribution >= 0.6 is 10.9 Å². The van der Waals surface area contributed by atoms with Crippen LogP contribution in [0.3, 0.4) is 0 Å². The smallest absolute Gasteiger partial charge is 0.313 e. The van der Waals surface area contributed by atoms with E-state index in [1.54, 1.807) is 0 Å². The highest BCUT2D eigenvalue weighted by Gasteiger charge is 2.11. The topological polar surface area (TPSA) is 43.4 Å². The predicted molar refractivity (Wildman–Crippen MR) is 53.8 cm³/mol. The number of ether oxygens (including phenoxy) is 1. The molecule has 0 spiro atoms. The third-order valence-electron chi connectivity index (χ3n) is 1.59. The molecule has 0 amide bonds. The normalized spacial score (nSPS) is 16.2. The van der Waals surface area contributed by atoms with Crippen molar-refractivity contribution >= 4 is 22.6 Å². The van der Waals surface area contributed by atoms with Crippen molar-refractivity contribution in [2.24, 2.45) is 0 Å². The lowest BCUT2D eigenvalue weighted by atomic mass is 10.3. The number of methoxy groups -OCH3 is 1. The van der Waals surface area contributed by atoms with E-state index in [1.165, 1.54) is 7.11 Å². The van der Waals surface area contributed by atoms with Crippen molar-refractivity contribution in [2.75, 3.05) is 12.9 Å². The minimum atomic E-state index is -0.452. The molecule has 1 heterocycles. The molecule has 3 nitrogen and oxygen atoms in total. The molecule has 1 aliphatic heterocycles. The van der Waals surface area contributed by atoms with Crippen LogP contribution in [0.1, 0.15) is 6.42 Å². The maximum atomic E-state index is 11.2. The van der Waals surface area contributed by atoms with Gasteiger partial charge in [0.25, 0.3) is 0 Å². The first-order valence-corrected chi connectivity index (χ1v) is 5.58. The number of thiol groups is 1. The van der Waals surface area contributed by atoms with Crippen LogP contribution in [0.5, 0.6) is 0 Å². The monoisotopic (exact) mass is 200 g/mol. The molecule has 0 radical (unpaired) electrons. The Hall–Kier alpha value is -1.03. The summed E-state index contributed by atoms with van der Waals surface area (Å²) >= 11 is 0. The van der Waals surface area contributed by atoms with Crippen LogP contribution in [-0.2, 0) is 14.3 Å². The lowest BCUT2D eigenvalue weighted by Gasteiger charge is -2.07. The summed E-state index contributed by atoms with van der Waals surface area (Å²) in [4.78, 5) is 21.9. The highest BCUT2D eigenvalue weighted by molar-refractivity contribution is 8.22. The van der Waals surface area contributed by atoms with Gasteiger partial charge in [0.05, 0.1) is 7.11 Å². The van der Waals surface area contributed by atoms with Crippen LogP contribution < -0.4 is 0 Å². The van der Waals surface area contributed by atoms with Gasteiger partial charge >= 0.3 is 5.97 Å². The quantitative estimate of drug-likeness (QED) is 0.421. The third-order valence-corrected chi connectivity index (χ3v) is 3.42. The van der Waals surface area contributed by atoms with Crippen molar-refractivity contribution < 1.29 is 14.3 Å². The molecule has 0 aliphatic carbocycles. The zero-order valence-corrected chi connectivity index (χ0v) is 8.29. The van der Waals surface area contributed by atoms with Gasteiger partial charge in [-0.25, -0.2) is 10.9 Å². The maximum Gasteiger partial charge on any atom is 0.313 e. The van der Waals surface area contributed by atoms with Crippen LogP contribution in [0.4, 0.5) is 0 Å². The van der Waals surface area contributed by atoms with E-state index in [-0.39, 0.29) is 12.2 Å². The molecule has 0 N–H and O–H groups in total. The Kier molecular flexibility index (Phi) is 3.76. The third kappa shape index (κ3) is 3.46. The van der Waals surface area contributed by atoms with Gasteiger partial charge in [0.2, 0.25) is 0 Å². The zero-order valence-electron chi connectivity index (χ0n) is 7.40. The Balaban J connectivity index is 2.29. The van der Waals surface area contributed by atoms with Gasteiger partial charge in [0, 0.05) is 5.75 Å². The number of rotatable bonds is 4. The van der Waals surface area contributed by atoms with E-state index >= 15 is 0 Å². The Morgan fingerprint density at radius 2 is 1.92 bits per heavy atom. The van der Waals surface area contributed by atoms with Gasteiger partial charge in [0.15, 0.2) is 5.78 Å². The fourth-order valence-corrected chi connectivity index (χ4v) is 2.44. The van der Waals surface area contributed by atoms with E-state index < -0.39 is 16.9 Å². The van der Waals surface area contributed by atoms with Gasteiger partial charge in [-0.15, -0.1) is 0 Å². The Bertz CT molecular complexity index is 256. The molecule has 0 aromatic carbocycles. The van der Waals surface area contributed by atoms with Crippen LogP contribution in [0.15, 0.2) is 23.0 Å². The summed E-state index contributed by atoms with van der Waals surface area (Å²) in [5, 5.41) is 4.01. The number of carbonyl (C=O) groups excluding carboxylic acids is 2. The molecule has 13 heavy (non-hydrogen) atoms. The molecule has 0 unspecified atom stereocenters. The first-order valence-electron chi connectivity index (χ1n) is 3.91. The summed E-state index contributed by atoms with van der Waals surface area (Å²) in [5.74, 6) is -0.0430. The summed E-state index contributed by atoms with van der Waals surface area (Å²) in [6, 6.07) is 0. The van der Waals surface area contributed by atoms with Crippen molar-refractivity contribution in [2.45, 2.75) is 6.42 Å². The summed E-state index contributed by atoms with van der Waals surface area (Å²) < 4.78 is 4.40. The van der Waals surface area contributed by atoms with E-state index in [1.807, 2.05) is 23.0 Å². The van der Waals surface area contributed by atoms with Crippen molar-refractivity contribution in [3.63, 3.8) is 0 Å². The highest BCUT2D eigenvalue weighted by atomic mass is 32.2. The number of ketones is 1. The number of carbonyl (C=O) groups is 2. The number of Topliss-reactive ketones (excluding diaryl/α,β-unsaturated/α-hetero) is 1. The van der Waals surface area contributed by atoms with Crippen LogP contribution in [0.2, 0.25) is 0 Å². The molecular weight excluding hydrogens is 188 g/mol. The molecule has 1 rings (SSSR count). The largest absolute Gasteiger partial charge is 0.469 e. The zero-order chi connectivity index (χ0) is 9.68. The number of hydrogen-bond donors (Lipinski definition) is 1. The summed E-state index contributed by atoms with van der Waals surface area (Å²) in [7, 11) is 0.849. The van der Waals surface area contributed by atoms with Crippen LogP contribution in [-0.4, -0.2) is 24.6 Å². The van der Waals surface area contributed by atoms with Gasteiger partial charge in [-0.05, 0) is 10.8 Å². The Morgan fingerprint density at radius 1 is 1.31 bits per heavy atom. The molecule has 0 atom stereocenters. The highest BCUT2D eigenvalue weighted by Crippen LogP contribution is 2.32. The van der Waals surface area contributed by atoms with Crippen LogP contribution in [0, 0.1) is 0 Å². The molecule has 0 fully saturated rings. The van der Waals surface area contributed by atoms with E-state index in [0.29, 0.717) is 5.75 Å². The standard InChI is InChI=1S/C9H12O3S/c1-12-9(11)6-8(10)7-13-4-2-3-5-13/h2-5,13H,6-7H2,1H3. The fourth-order valence-electron chi connectivity index (χ4n) is 0.968. The minimum absolute atomic E-state index is 0.0471. The number of allylic oxidation sites excluding steroid dienone is 2. The molecule has 0 bridgehead atoms. The first-order chi connectivity index (χ1) is 6.22. The predicted octanol–water partition coefficient (Wildman–Crippen LogP) is 1.16. The van der Waals surface area contributed by atoms with Crippen molar-refractivity contribution in [1.29, 1.82) is 0 Å². The second-order valence-corrected chi connectivity index (χ2v) is 4.59. The van der Waals surface area contributed by atoms with Crippen molar-refractivity contribution in [3.8, 4) is 0 Å². The summed E-state index contributed by atoms with van der Waals surface area (Å²) in [6.07, 6.45) is 3.76.